The van der Waals surface area contributed by atoms with Crippen LogP contribution >= 0.6 is 0 Å². The Balaban J connectivity index is 1.97. The molecule has 0 bridgehead atoms. The summed E-state index contributed by atoms with van der Waals surface area (Å²) in [5.74, 6) is 0.206. The standard InChI is InChI=1S/C37H50N6O3/c1-6-11-16-26(8-3)24-42(25-27(9-4)32(39)15-7-2)35(44)29-19-21-30(22-20-29)40-41-34-33(28-17-13-12-14-18-28)31(23-38)36(45)43(10-5)37(34)46/h12-14,17-22,26-27,32,45H,6-11,15-16,24-25,39H2,1-5H3. The lowest BCUT2D eigenvalue weighted by Gasteiger charge is -2.33. The van der Waals surface area contributed by atoms with Crippen molar-refractivity contribution in [3.05, 3.63) is 76.1 Å². The van der Waals surface area contributed by atoms with Gasteiger partial charge in [0.2, 0.25) is 5.88 Å². The molecule has 1 heterocycles. The lowest BCUT2D eigenvalue weighted by molar-refractivity contribution is 0.0677. The lowest BCUT2D eigenvalue weighted by atomic mass is 9.92. The summed E-state index contributed by atoms with van der Waals surface area (Å²) in [5, 5.41) is 29.3. The van der Waals surface area contributed by atoms with Crippen LogP contribution < -0.4 is 11.3 Å². The third kappa shape index (κ3) is 8.91. The molecule has 0 spiro atoms. The second kappa shape index (κ2) is 18.0. The first kappa shape index (κ1) is 36.2. The van der Waals surface area contributed by atoms with Gasteiger partial charge in [-0.05, 0) is 61.4 Å². The van der Waals surface area contributed by atoms with Crippen molar-refractivity contribution in [2.24, 2.45) is 27.8 Å². The fourth-order valence-corrected chi connectivity index (χ4v) is 5.92. The molecule has 3 N–H and O–H groups in total. The molecule has 1 amide bonds. The molecule has 0 aliphatic carbocycles. The first-order valence-electron chi connectivity index (χ1n) is 16.8. The van der Waals surface area contributed by atoms with Crippen LogP contribution in [-0.2, 0) is 6.54 Å². The SMILES string of the molecule is CCCCC(CC)CN(CC(CC)C(N)CCC)C(=O)c1ccc(N=Nc2c(-c3ccccc3)c(C#N)c(O)n(CC)c2=O)cc1. The fraction of sp³-hybridized carbons (Fsp3) is 0.486. The van der Waals surface area contributed by atoms with Gasteiger partial charge in [0.15, 0.2) is 5.69 Å². The normalized spacial score (nSPS) is 13.3. The molecule has 46 heavy (non-hydrogen) atoms. The van der Waals surface area contributed by atoms with E-state index in [9.17, 15) is 20.0 Å². The number of aromatic hydroxyl groups is 1. The highest BCUT2D eigenvalue weighted by atomic mass is 16.3. The third-order valence-electron chi connectivity index (χ3n) is 8.80. The van der Waals surface area contributed by atoms with Gasteiger partial charge < -0.3 is 15.7 Å². The van der Waals surface area contributed by atoms with Crippen molar-refractivity contribution in [2.45, 2.75) is 92.2 Å². The van der Waals surface area contributed by atoms with Crippen LogP contribution in [0.25, 0.3) is 11.1 Å². The summed E-state index contributed by atoms with van der Waals surface area (Å²) in [7, 11) is 0. The summed E-state index contributed by atoms with van der Waals surface area (Å²) in [6.45, 7) is 11.8. The first-order chi connectivity index (χ1) is 22.2. The number of nitriles is 1. The maximum absolute atomic E-state index is 13.9. The molecule has 0 aliphatic rings. The van der Waals surface area contributed by atoms with E-state index in [0.717, 1.165) is 49.5 Å². The number of hydrogen-bond acceptors (Lipinski definition) is 7. The van der Waals surface area contributed by atoms with Crippen molar-refractivity contribution >= 4 is 17.3 Å². The number of hydrogen-bond donors (Lipinski definition) is 2. The number of aromatic nitrogens is 1. The molecular weight excluding hydrogens is 576 g/mol. The summed E-state index contributed by atoms with van der Waals surface area (Å²) < 4.78 is 1.11. The van der Waals surface area contributed by atoms with Gasteiger partial charge in [-0.2, -0.15) is 10.4 Å². The highest BCUT2D eigenvalue weighted by Crippen LogP contribution is 2.36. The van der Waals surface area contributed by atoms with E-state index in [0.29, 0.717) is 35.8 Å². The zero-order chi connectivity index (χ0) is 33.6. The molecule has 0 aliphatic heterocycles. The van der Waals surface area contributed by atoms with Crippen molar-refractivity contribution in [3.63, 3.8) is 0 Å². The molecule has 9 nitrogen and oxygen atoms in total. The van der Waals surface area contributed by atoms with Gasteiger partial charge in [0.1, 0.15) is 11.6 Å². The fourth-order valence-electron chi connectivity index (χ4n) is 5.92. The van der Waals surface area contributed by atoms with Gasteiger partial charge >= 0.3 is 0 Å². The number of amides is 1. The minimum atomic E-state index is -0.552. The predicted molar refractivity (Wildman–Crippen MR) is 185 cm³/mol. The molecule has 9 heteroatoms. The zero-order valence-corrected chi connectivity index (χ0v) is 28.1. The van der Waals surface area contributed by atoms with Crippen LogP contribution in [0.5, 0.6) is 5.88 Å². The summed E-state index contributed by atoms with van der Waals surface area (Å²) in [5.41, 5.74) is 7.71. The van der Waals surface area contributed by atoms with Crippen molar-refractivity contribution < 1.29 is 9.90 Å². The summed E-state index contributed by atoms with van der Waals surface area (Å²) in [6.07, 6.45) is 7.21. The first-order valence-corrected chi connectivity index (χ1v) is 16.8. The Morgan fingerprint density at radius 1 is 0.957 bits per heavy atom. The molecule has 0 radical (unpaired) electrons. The topological polar surface area (TPSA) is 137 Å². The summed E-state index contributed by atoms with van der Waals surface area (Å²) in [4.78, 5) is 29.3. The van der Waals surface area contributed by atoms with Crippen LogP contribution in [0.3, 0.4) is 0 Å². The maximum Gasteiger partial charge on any atom is 0.281 e. The Kier molecular flexibility index (Phi) is 14.2. The molecule has 0 saturated heterocycles. The number of nitrogens with zero attached hydrogens (tertiary/aromatic N) is 5. The van der Waals surface area contributed by atoms with E-state index in [4.69, 9.17) is 5.73 Å². The predicted octanol–water partition coefficient (Wildman–Crippen LogP) is 8.34. The highest BCUT2D eigenvalue weighted by Gasteiger charge is 2.26. The van der Waals surface area contributed by atoms with E-state index in [1.54, 1.807) is 55.5 Å². The number of carbonyl (C=O) groups excluding carboxylic acids is 1. The van der Waals surface area contributed by atoms with Gasteiger partial charge in [0.05, 0.1) is 5.69 Å². The van der Waals surface area contributed by atoms with E-state index >= 15 is 0 Å². The number of rotatable bonds is 17. The van der Waals surface area contributed by atoms with Crippen LogP contribution in [0, 0.1) is 23.2 Å². The number of carbonyl (C=O) groups is 1. The van der Waals surface area contributed by atoms with Crippen molar-refractivity contribution in [1.29, 1.82) is 5.26 Å². The Labute approximate surface area is 273 Å². The second-order valence-electron chi connectivity index (χ2n) is 11.9. The molecule has 3 atom stereocenters. The van der Waals surface area contributed by atoms with Crippen LogP contribution in [0.4, 0.5) is 11.4 Å². The number of unbranched alkanes of at least 4 members (excludes halogenated alkanes) is 1. The number of pyridine rings is 1. The van der Waals surface area contributed by atoms with E-state index < -0.39 is 11.4 Å². The van der Waals surface area contributed by atoms with Crippen LogP contribution in [0.15, 0.2) is 69.6 Å². The molecule has 0 saturated carbocycles. The van der Waals surface area contributed by atoms with Crippen molar-refractivity contribution in [3.8, 4) is 23.1 Å². The Morgan fingerprint density at radius 3 is 2.22 bits per heavy atom. The lowest BCUT2D eigenvalue weighted by Crippen LogP contribution is -2.43. The summed E-state index contributed by atoms with van der Waals surface area (Å²) in [6, 6.07) is 17.9. The van der Waals surface area contributed by atoms with Crippen molar-refractivity contribution in [2.75, 3.05) is 13.1 Å². The van der Waals surface area contributed by atoms with Crippen LogP contribution in [0.2, 0.25) is 0 Å². The minimum Gasteiger partial charge on any atom is -0.493 e. The van der Waals surface area contributed by atoms with Gasteiger partial charge in [-0.15, -0.1) is 5.11 Å². The third-order valence-corrected chi connectivity index (χ3v) is 8.80. The largest absolute Gasteiger partial charge is 0.493 e. The molecule has 246 valence electrons. The molecule has 3 rings (SSSR count). The minimum absolute atomic E-state index is 0.0324. The smallest absolute Gasteiger partial charge is 0.281 e. The maximum atomic E-state index is 13.9. The highest BCUT2D eigenvalue weighted by molar-refractivity contribution is 5.94. The monoisotopic (exact) mass is 626 g/mol. The van der Waals surface area contributed by atoms with Gasteiger partial charge in [-0.3, -0.25) is 14.2 Å². The number of azo groups is 1. The molecular formula is C37H50N6O3. The van der Waals surface area contributed by atoms with E-state index in [-0.39, 0.29) is 41.2 Å². The van der Waals surface area contributed by atoms with Gasteiger partial charge in [-0.25, -0.2) is 0 Å². The molecule has 2 aromatic carbocycles. The second-order valence-corrected chi connectivity index (χ2v) is 11.9. The number of benzene rings is 2. The zero-order valence-electron chi connectivity index (χ0n) is 28.1. The van der Waals surface area contributed by atoms with Crippen LogP contribution in [-0.4, -0.2) is 39.6 Å². The number of nitrogens with two attached hydrogens (primary N) is 1. The van der Waals surface area contributed by atoms with Gasteiger partial charge in [0.25, 0.3) is 11.5 Å². The van der Waals surface area contributed by atoms with Gasteiger partial charge in [0, 0.05) is 36.8 Å². The average Bonchev–Trinajstić information content (AvgIpc) is 3.08. The Bertz CT molecular complexity index is 1540. The molecule has 1 aromatic heterocycles. The Morgan fingerprint density at radius 2 is 1.65 bits per heavy atom. The Hall–Kier alpha value is -4.29. The average molecular weight is 627 g/mol. The molecule has 0 fully saturated rings. The quantitative estimate of drug-likeness (QED) is 0.145. The van der Waals surface area contributed by atoms with E-state index in [1.165, 1.54) is 0 Å². The summed E-state index contributed by atoms with van der Waals surface area (Å²) >= 11 is 0. The van der Waals surface area contributed by atoms with E-state index in [1.807, 2.05) is 17.0 Å². The van der Waals surface area contributed by atoms with Crippen LogP contribution in [0.1, 0.15) is 95.5 Å². The molecule has 3 unspecified atom stereocenters. The molecule has 3 aromatic rings. The van der Waals surface area contributed by atoms with E-state index in [2.05, 4.69) is 37.9 Å². The van der Waals surface area contributed by atoms with Crippen molar-refractivity contribution in [1.82, 2.24) is 9.47 Å². The van der Waals surface area contributed by atoms with Gasteiger partial charge in [-0.1, -0.05) is 90.1 Å².